The van der Waals surface area contributed by atoms with E-state index >= 15 is 0 Å². The molecule has 0 aliphatic carbocycles. The summed E-state index contributed by atoms with van der Waals surface area (Å²) in [6, 6.07) is 0. The Morgan fingerprint density at radius 1 is 0.300 bits per heavy atom. The first kappa shape index (κ1) is 32.1. The normalized spacial score (nSPS) is 11.0. The lowest BCUT2D eigenvalue weighted by molar-refractivity contribution is 0.515. The van der Waals surface area contributed by atoms with Gasteiger partial charge in [0.2, 0.25) is 0 Å². The maximum Gasteiger partial charge on any atom is -0.0533 e. The van der Waals surface area contributed by atoms with E-state index in [1.165, 1.54) is 167 Å². The molecule has 0 aromatic carbocycles. The molecule has 0 bridgehead atoms. The molecule has 0 aliphatic heterocycles. The molecular formula is C29H62N. The van der Waals surface area contributed by atoms with Crippen LogP contribution in [0, 0.1) is 6.92 Å². The van der Waals surface area contributed by atoms with Crippen molar-refractivity contribution in [3.63, 3.8) is 0 Å². The zero-order valence-corrected chi connectivity index (χ0v) is 21.5. The van der Waals surface area contributed by atoms with Gasteiger partial charge in [0.1, 0.15) is 0 Å². The molecule has 0 aliphatic rings. The van der Waals surface area contributed by atoms with Crippen LogP contribution < -0.4 is 6.15 Å². The molecule has 0 fully saturated rings. The van der Waals surface area contributed by atoms with E-state index in [0.717, 1.165) is 6.42 Å². The van der Waals surface area contributed by atoms with Gasteiger partial charge >= 0.3 is 0 Å². The van der Waals surface area contributed by atoms with Gasteiger partial charge in [-0.1, -0.05) is 187 Å². The summed E-state index contributed by atoms with van der Waals surface area (Å²) in [5.41, 5.74) is 0. The van der Waals surface area contributed by atoms with Gasteiger partial charge in [0.15, 0.2) is 0 Å². The van der Waals surface area contributed by atoms with Crippen molar-refractivity contribution in [3.05, 3.63) is 6.92 Å². The zero-order valence-electron chi connectivity index (χ0n) is 21.5. The van der Waals surface area contributed by atoms with Crippen LogP contribution in [0.15, 0.2) is 0 Å². The van der Waals surface area contributed by atoms with Crippen molar-refractivity contribution in [2.75, 3.05) is 0 Å². The van der Waals surface area contributed by atoms with Crippen molar-refractivity contribution < 1.29 is 0 Å². The fourth-order valence-electron chi connectivity index (χ4n) is 4.49. The summed E-state index contributed by atoms with van der Waals surface area (Å²) in [5.74, 6) is 0. The third-order valence-corrected chi connectivity index (χ3v) is 6.60. The van der Waals surface area contributed by atoms with Crippen LogP contribution in [-0.4, -0.2) is 0 Å². The fourth-order valence-corrected chi connectivity index (χ4v) is 4.49. The van der Waals surface area contributed by atoms with Crippen molar-refractivity contribution in [1.29, 1.82) is 0 Å². The highest BCUT2D eigenvalue weighted by atomic mass is 14.0. The minimum Gasteiger partial charge on any atom is -0.344 e. The van der Waals surface area contributed by atoms with Crippen molar-refractivity contribution >= 4 is 0 Å². The lowest BCUT2D eigenvalue weighted by atomic mass is 10.0. The summed E-state index contributed by atoms with van der Waals surface area (Å²) in [6.07, 6.45) is 39.3. The average molecular weight is 425 g/mol. The summed E-state index contributed by atoms with van der Waals surface area (Å²) >= 11 is 0. The molecule has 0 unspecified atom stereocenters. The van der Waals surface area contributed by atoms with Gasteiger partial charge in [0.05, 0.1) is 0 Å². The van der Waals surface area contributed by atoms with E-state index < -0.39 is 0 Å². The van der Waals surface area contributed by atoms with E-state index in [1.54, 1.807) is 0 Å². The molecule has 0 heterocycles. The van der Waals surface area contributed by atoms with Crippen molar-refractivity contribution in [1.82, 2.24) is 6.15 Å². The topological polar surface area (TPSA) is 35.0 Å². The summed E-state index contributed by atoms with van der Waals surface area (Å²) < 4.78 is 0. The monoisotopic (exact) mass is 424 g/mol. The molecule has 0 spiro atoms. The van der Waals surface area contributed by atoms with Crippen LogP contribution in [0.1, 0.15) is 180 Å². The summed E-state index contributed by atoms with van der Waals surface area (Å²) in [6.45, 7) is 6.22. The van der Waals surface area contributed by atoms with Crippen LogP contribution in [0.4, 0.5) is 0 Å². The Hall–Kier alpha value is -0.0400. The zero-order chi connectivity index (χ0) is 21.1. The smallest absolute Gasteiger partial charge is 0.0533 e. The largest absolute Gasteiger partial charge is 0.344 e. The Kier molecular flexibility index (Phi) is 33.4. The van der Waals surface area contributed by atoms with Crippen LogP contribution in [-0.2, 0) is 0 Å². The average Bonchev–Trinajstić information content (AvgIpc) is 2.74. The van der Waals surface area contributed by atoms with Gasteiger partial charge < -0.3 is 6.15 Å². The van der Waals surface area contributed by atoms with Gasteiger partial charge in [-0.05, 0) is 0 Å². The van der Waals surface area contributed by atoms with Gasteiger partial charge in [-0.2, -0.15) is 0 Å². The predicted molar refractivity (Wildman–Crippen MR) is 141 cm³/mol. The SMILES string of the molecule is N.[CH2]CCCCCCCCCCCCCCCCCCCCCCCCCCCC. The lowest BCUT2D eigenvalue weighted by Gasteiger charge is -2.04. The molecule has 0 amide bonds. The molecule has 0 atom stereocenters. The molecule has 30 heavy (non-hydrogen) atoms. The maximum absolute atomic E-state index is 3.92. The van der Waals surface area contributed by atoms with Crippen molar-refractivity contribution in [3.8, 4) is 0 Å². The van der Waals surface area contributed by atoms with Gasteiger partial charge in [0, 0.05) is 0 Å². The first-order valence-corrected chi connectivity index (χ1v) is 14.2. The van der Waals surface area contributed by atoms with Crippen molar-refractivity contribution in [2.45, 2.75) is 180 Å². The number of unbranched alkanes of at least 4 members (excludes halogenated alkanes) is 26. The van der Waals surface area contributed by atoms with Crippen LogP contribution in [0.25, 0.3) is 0 Å². The predicted octanol–water partition coefficient (Wildman–Crippen LogP) is 11.5. The second kappa shape index (κ2) is 31.1. The lowest BCUT2D eigenvalue weighted by Crippen LogP contribution is -1.84. The van der Waals surface area contributed by atoms with E-state index in [4.69, 9.17) is 0 Å². The minimum atomic E-state index is 0. The molecule has 0 rings (SSSR count). The highest BCUT2D eigenvalue weighted by Gasteiger charge is 1.96. The van der Waals surface area contributed by atoms with Crippen molar-refractivity contribution in [2.24, 2.45) is 0 Å². The fraction of sp³-hybridized carbons (Fsp3) is 0.966. The molecule has 1 heteroatoms. The highest BCUT2D eigenvalue weighted by Crippen LogP contribution is 2.16. The van der Waals surface area contributed by atoms with Gasteiger partial charge in [-0.3, -0.25) is 0 Å². The Morgan fingerprint density at radius 3 is 0.633 bits per heavy atom. The Labute approximate surface area is 193 Å². The van der Waals surface area contributed by atoms with Gasteiger partial charge in [0.25, 0.3) is 0 Å². The molecule has 1 nitrogen and oxygen atoms in total. The number of rotatable bonds is 26. The second-order valence-electron chi connectivity index (χ2n) is 9.69. The van der Waals surface area contributed by atoms with Crippen LogP contribution in [0.3, 0.4) is 0 Å². The second-order valence-corrected chi connectivity index (χ2v) is 9.69. The molecule has 1 radical (unpaired) electrons. The van der Waals surface area contributed by atoms with Gasteiger partial charge in [-0.15, -0.1) is 0 Å². The molecule has 0 saturated carbocycles. The van der Waals surface area contributed by atoms with Crippen LogP contribution in [0.5, 0.6) is 0 Å². The molecule has 3 N–H and O–H groups in total. The summed E-state index contributed by atoms with van der Waals surface area (Å²) in [5, 5.41) is 0. The standard InChI is InChI=1S/C29H59.H3N/c1-3-5-7-9-11-13-15-17-19-21-23-25-27-29-28-26-24-22-20-18-16-14-12-10-8-6-4-2;/h1,3-29H2,2H3;1H3. The Balaban J connectivity index is 0. The summed E-state index contributed by atoms with van der Waals surface area (Å²) in [7, 11) is 0. The molecule has 0 saturated heterocycles. The van der Waals surface area contributed by atoms with E-state index in [-0.39, 0.29) is 6.15 Å². The first-order valence-electron chi connectivity index (χ1n) is 14.2. The molecule has 183 valence electrons. The molecular weight excluding hydrogens is 362 g/mol. The highest BCUT2D eigenvalue weighted by molar-refractivity contribution is 4.52. The quantitative estimate of drug-likeness (QED) is 0.138. The Morgan fingerprint density at radius 2 is 0.467 bits per heavy atom. The van der Waals surface area contributed by atoms with Crippen LogP contribution >= 0.6 is 0 Å². The van der Waals surface area contributed by atoms with E-state index in [1.807, 2.05) is 0 Å². The van der Waals surface area contributed by atoms with E-state index in [0.29, 0.717) is 0 Å². The minimum absolute atomic E-state index is 0. The van der Waals surface area contributed by atoms with Crippen LogP contribution in [0.2, 0.25) is 0 Å². The number of hydrogen-bond donors (Lipinski definition) is 1. The van der Waals surface area contributed by atoms with E-state index in [2.05, 4.69) is 13.8 Å². The molecule has 0 aromatic heterocycles. The summed E-state index contributed by atoms with van der Waals surface area (Å²) in [4.78, 5) is 0. The van der Waals surface area contributed by atoms with E-state index in [9.17, 15) is 0 Å². The first-order chi connectivity index (χ1) is 14.4. The third-order valence-electron chi connectivity index (χ3n) is 6.60. The number of hydrogen-bond acceptors (Lipinski definition) is 1. The Bertz CT molecular complexity index is 237. The van der Waals surface area contributed by atoms with Gasteiger partial charge in [-0.25, -0.2) is 0 Å². The molecule has 0 aromatic rings. The third kappa shape index (κ3) is 30.2. The maximum atomic E-state index is 3.92.